The Balaban J connectivity index is 1.50. The van der Waals surface area contributed by atoms with E-state index in [-0.39, 0.29) is 0 Å². The number of fused-ring (bicyclic) bond motifs is 1. The molecule has 1 atom stereocenters. The molecule has 142 valence electrons. The van der Waals surface area contributed by atoms with Gasteiger partial charge in [-0.15, -0.1) is 5.10 Å². The van der Waals surface area contributed by atoms with E-state index in [2.05, 4.69) is 20.3 Å². The maximum atomic E-state index is 11.1. The molecule has 8 heteroatoms. The molecule has 0 amide bonds. The molecule has 4 aromatic rings. The van der Waals surface area contributed by atoms with Crippen LogP contribution in [0.15, 0.2) is 49.2 Å². The van der Waals surface area contributed by atoms with Gasteiger partial charge in [-0.05, 0) is 30.5 Å². The molecule has 5 rings (SSSR count). The average Bonchev–Trinajstić information content (AvgIpc) is 3.25. The third kappa shape index (κ3) is 2.96. The first-order valence-electron chi connectivity index (χ1n) is 9.24. The van der Waals surface area contributed by atoms with Crippen molar-refractivity contribution >= 4 is 5.52 Å². The van der Waals surface area contributed by atoms with Crippen LogP contribution in [0.4, 0.5) is 0 Å². The number of hydrogen-bond donors (Lipinski definition) is 1. The Morgan fingerprint density at radius 3 is 2.79 bits per heavy atom. The Hall–Kier alpha value is -3.10. The number of nitrogens with zero attached hydrogens (tertiary/aromatic N) is 6. The third-order valence-corrected chi connectivity index (χ3v) is 5.05. The molecule has 0 spiro atoms. The molecule has 28 heavy (non-hydrogen) atoms. The lowest BCUT2D eigenvalue weighted by atomic mass is 10.1. The van der Waals surface area contributed by atoms with E-state index in [9.17, 15) is 5.11 Å². The molecular weight excluding hydrogens is 356 g/mol. The van der Waals surface area contributed by atoms with Crippen molar-refractivity contribution in [1.29, 1.82) is 0 Å². The number of aromatic nitrogens is 6. The number of aliphatic hydroxyl groups is 1. The van der Waals surface area contributed by atoms with Crippen LogP contribution in [0, 0.1) is 0 Å². The highest BCUT2D eigenvalue weighted by Crippen LogP contribution is 2.42. The first-order chi connectivity index (χ1) is 13.7. The van der Waals surface area contributed by atoms with Gasteiger partial charge in [-0.2, -0.15) is 0 Å². The van der Waals surface area contributed by atoms with Gasteiger partial charge < -0.3 is 9.84 Å². The van der Waals surface area contributed by atoms with Crippen molar-refractivity contribution in [3.63, 3.8) is 0 Å². The minimum Gasteiger partial charge on any atom is -0.380 e. The van der Waals surface area contributed by atoms with Gasteiger partial charge in [0.05, 0.1) is 54.1 Å². The summed E-state index contributed by atoms with van der Waals surface area (Å²) in [5.74, 6) is 0.389. The molecule has 1 aliphatic carbocycles. The highest BCUT2D eigenvalue weighted by atomic mass is 16.5. The smallest absolute Gasteiger partial charge is 0.142 e. The van der Waals surface area contributed by atoms with Crippen LogP contribution in [0.1, 0.15) is 47.5 Å². The largest absolute Gasteiger partial charge is 0.380 e. The lowest BCUT2D eigenvalue weighted by Gasteiger charge is -2.15. The minimum absolute atomic E-state index is 0.389. The summed E-state index contributed by atoms with van der Waals surface area (Å²) < 4.78 is 8.69. The van der Waals surface area contributed by atoms with Gasteiger partial charge in [0.25, 0.3) is 0 Å². The second-order valence-corrected chi connectivity index (χ2v) is 7.08. The maximum absolute atomic E-state index is 11.1. The van der Waals surface area contributed by atoms with E-state index in [0.29, 0.717) is 18.2 Å². The van der Waals surface area contributed by atoms with Crippen LogP contribution >= 0.6 is 0 Å². The van der Waals surface area contributed by atoms with Gasteiger partial charge in [-0.25, -0.2) is 9.67 Å². The van der Waals surface area contributed by atoms with Crippen LogP contribution in [-0.2, 0) is 11.3 Å². The van der Waals surface area contributed by atoms with Gasteiger partial charge in [0.15, 0.2) is 0 Å². The molecule has 1 aromatic carbocycles. The number of imidazole rings is 1. The standard InChI is InChI=1S/C20H20N6O2/c1-28-11-13-2-6-15(7-3-13)26-10-17(23-24-26)20(27)19-18(14-4-5-14)22-9-16-8-21-12-25(16)19/h2-3,6-10,12,14,20,27H,4-5,11H2,1H3/t20-/m0/s1. The number of aliphatic hydroxyl groups excluding tert-OH is 1. The molecule has 1 N–H and O–H groups in total. The number of methoxy groups -OCH3 is 1. The van der Waals surface area contributed by atoms with Crippen molar-refractivity contribution in [1.82, 2.24) is 29.4 Å². The normalized spacial score (nSPS) is 15.2. The van der Waals surface area contributed by atoms with Gasteiger partial charge in [-0.1, -0.05) is 17.3 Å². The Morgan fingerprint density at radius 2 is 2.04 bits per heavy atom. The van der Waals surface area contributed by atoms with Crippen LogP contribution in [0.5, 0.6) is 0 Å². The Labute approximate surface area is 161 Å². The molecular formula is C20H20N6O2. The summed E-state index contributed by atoms with van der Waals surface area (Å²) in [6.07, 6.45) is 8.25. The van der Waals surface area contributed by atoms with Crippen LogP contribution in [0.25, 0.3) is 11.2 Å². The Bertz CT molecular complexity index is 1110. The van der Waals surface area contributed by atoms with Crippen molar-refractivity contribution in [2.24, 2.45) is 0 Å². The molecule has 0 bridgehead atoms. The fourth-order valence-electron chi connectivity index (χ4n) is 3.45. The molecule has 0 radical (unpaired) electrons. The van der Waals surface area contributed by atoms with Crippen LogP contribution in [0.3, 0.4) is 0 Å². The fraction of sp³-hybridized carbons (Fsp3) is 0.300. The molecule has 3 heterocycles. The van der Waals surface area contributed by atoms with E-state index in [1.165, 1.54) is 0 Å². The minimum atomic E-state index is -0.928. The van der Waals surface area contributed by atoms with Gasteiger partial charge in [0.1, 0.15) is 11.8 Å². The van der Waals surface area contributed by atoms with Gasteiger partial charge in [0, 0.05) is 13.0 Å². The lowest BCUT2D eigenvalue weighted by Crippen LogP contribution is -2.11. The predicted molar refractivity (Wildman–Crippen MR) is 101 cm³/mol. The van der Waals surface area contributed by atoms with Gasteiger partial charge in [-0.3, -0.25) is 9.38 Å². The second kappa shape index (κ2) is 6.81. The lowest BCUT2D eigenvalue weighted by molar-refractivity contribution is 0.185. The summed E-state index contributed by atoms with van der Waals surface area (Å²) in [5, 5.41) is 19.5. The zero-order chi connectivity index (χ0) is 19.1. The summed E-state index contributed by atoms with van der Waals surface area (Å²) in [4.78, 5) is 8.79. The number of ether oxygens (including phenoxy) is 1. The summed E-state index contributed by atoms with van der Waals surface area (Å²) in [6, 6.07) is 7.87. The first-order valence-corrected chi connectivity index (χ1v) is 9.24. The van der Waals surface area contributed by atoms with Crippen molar-refractivity contribution in [2.75, 3.05) is 7.11 Å². The first kappa shape index (κ1) is 17.0. The Morgan fingerprint density at radius 1 is 1.21 bits per heavy atom. The topological polar surface area (TPSA) is 90.4 Å². The quantitative estimate of drug-likeness (QED) is 0.556. The van der Waals surface area contributed by atoms with Gasteiger partial charge in [0.2, 0.25) is 0 Å². The molecule has 1 aliphatic rings. The SMILES string of the molecule is COCc1ccc(-n2cc([C@H](O)c3c(C4CC4)ncc4cncn34)nn2)cc1. The van der Waals surface area contributed by atoms with Gasteiger partial charge >= 0.3 is 0 Å². The van der Waals surface area contributed by atoms with Crippen molar-refractivity contribution in [2.45, 2.75) is 31.5 Å². The van der Waals surface area contributed by atoms with E-state index >= 15 is 0 Å². The molecule has 0 aliphatic heterocycles. The van der Waals surface area contributed by atoms with Crippen LogP contribution in [-0.4, -0.2) is 41.6 Å². The summed E-state index contributed by atoms with van der Waals surface area (Å²) in [5.41, 5.74) is 4.91. The van der Waals surface area contributed by atoms with E-state index < -0.39 is 6.10 Å². The molecule has 3 aromatic heterocycles. The monoisotopic (exact) mass is 376 g/mol. The highest BCUT2D eigenvalue weighted by molar-refractivity contribution is 5.47. The summed E-state index contributed by atoms with van der Waals surface area (Å²) in [7, 11) is 1.67. The molecule has 1 fully saturated rings. The second-order valence-electron chi connectivity index (χ2n) is 7.08. The highest BCUT2D eigenvalue weighted by Gasteiger charge is 2.32. The molecule has 0 saturated heterocycles. The summed E-state index contributed by atoms with van der Waals surface area (Å²) >= 11 is 0. The maximum Gasteiger partial charge on any atom is 0.142 e. The van der Waals surface area contributed by atoms with Crippen molar-refractivity contribution in [3.05, 3.63) is 71.8 Å². The van der Waals surface area contributed by atoms with Crippen LogP contribution in [0.2, 0.25) is 0 Å². The predicted octanol–water partition coefficient (Wildman–Crippen LogP) is 2.42. The zero-order valence-electron chi connectivity index (χ0n) is 15.4. The van der Waals surface area contributed by atoms with Crippen molar-refractivity contribution < 1.29 is 9.84 Å². The van der Waals surface area contributed by atoms with E-state index in [1.54, 1.807) is 36.7 Å². The average molecular weight is 376 g/mol. The van der Waals surface area contributed by atoms with E-state index in [1.807, 2.05) is 28.7 Å². The Kier molecular flexibility index (Phi) is 4.14. The van der Waals surface area contributed by atoms with E-state index in [4.69, 9.17) is 4.74 Å². The molecule has 8 nitrogen and oxygen atoms in total. The molecule has 1 saturated carbocycles. The zero-order valence-corrected chi connectivity index (χ0v) is 15.4. The number of rotatable bonds is 6. The third-order valence-electron chi connectivity index (χ3n) is 5.05. The van der Waals surface area contributed by atoms with Crippen LogP contribution < -0.4 is 0 Å². The summed E-state index contributed by atoms with van der Waals surface area (Å²) in [6.45, 7) is 0.563. The van der Waals surface area contributed by atoms with Crippen molar-refractivity contribution in [3.8, 4) is 5.69 Å². The number of hydrogen-bond acceptors (Lipinski definition) is 6. The molecule has 0 unspecified atom stereocenters. The van der Waals surface area contributed by atoms with E-state index in [0.717, 1.165) is 41.0 Å². The number of benzene rings is 1. The fourth-order valence-corrected chi connectivity index (χ4v) is 3.45.